The Kier molecular flexibility index (Phi) is 5.79. The molecule has 1 fully saturated rings. The van der Waals surface area contributed by atoms with E-state index in [1.54, 1.807) is 17.3 Å². The van der Waals surface area contributed by atoms with Crippen molar-refractivity contribution in [3.63, 3.8) is 0 Å². The van der Waals surface area contributed by atoms with Crippen LogP contribution in [-0.4, -0.2) is 46.1 Å². The normalized spacial score (nSPS) is 20.7. The highest BCUT2D eigenvalue weighted by Crippen LogP contribution is 2.22. The first-order chi connectivity index (χ1) is 12.2. The van der Waals surface area contributed by atoms with E-state index >= 15 is 0 Å². The molecule has 2 N–H and O–H groups in total. The highest BCUT2D eigenvalue weighted by Gasteiger charge is 2.41. The van der Waals surface area contributed by atoms with Gasteiger partial charge in [-0.15, -0.1) is 0 Å². The Morgan fingerprint density at radius 1 is 1.12 bits per heavy atom. The van der Waals surface area contributed by atoms with Gasteiger partial charge in [-0.3, -0.25) is 9.78 Å². The molecule has 3 rings (SSSR count). The van der Waals surface area contributed by atoms with Crippen molar-refractivity contribution in [3.05, 3.63) is 66.0 Å². The molecule has 5 nitrogen and oxygen atoms in total. The monoisotopic (exact) mass is 339 g/mol. The Labute approximate surface area is 148 Å². The van der Waals surface area contributed by atoms with Crippen LogP contribution >= 0.6 is 0 Å². The zero-order valence-electron chi connectivity index (χ0n) is 14.4. The van der Waals surface area contributed by atoms with Crippen molar-refractivity contribution >= 4 is 5.91 Å². The Bertz CT molecular complexity index is 678. The van der Waals surface area contributed by atoms with Gasteiger partial charge in [0.2, 0.25) is 0 Å². The maximum absolute atomic E-state index is 12.7. The number of nitrogens with zero attached hydrogens (tertiary/aromatic N) is 2. The molecule has 0 saturated carbocycles. The molecule has 1 aliphatic heterocycles. The highest BCUT2D eigenvalue weighted by molar-refractivity contribution is 5.86. The van der Waals surface area contributed by atoms with Gasteiger partial charge in [0.1, 0.15) is 0 Å². The topological polar surface area (TPSA) is 65.5 Å². The molecule has 1 saturated heterocycles. The van der Waals surface area contributed by atoms with Crippen molar-refractivity contribution in [2.24, 2.45) is 0 Å². The summed E-state index contributed by atoms with van der Waals surface area (Å²) in [7, 11) is 0. The van der Waals surface area contributed by atoms with Gasteiger partial charge in [0.05, 0.1) is 0 Å². The number of amides is 1. The average Bonchev–Trinajstić information content (AvgIpc) is 2.65. The lowest BCUT2D eigenvalue weighted by atomic mass is 9.91. The van der Waals surface area contributed by atoms with Gasteiger partial charge in [0.25, 0.3) is 5.91 Å². The minimum Gasteiger partial charge on any atom is -0.379 e. The molecule has 0 aliphatic carbocycles. The van der Waals surface area contributed by atoms with Crippen LogP contribution in [0.25, 0.3) is 0 Å². The number of pyridine rings is 1. The molecule has 0 unspecified atom stereocenters. The van der Waals surface area contributed by atoms with Gasteiger partial charge in [-0.25, -0.2) is 0 Å². The van der Waals surface area contributed by atoms with Crippen LogP contribution in [0.4, 0.5) is 0 Å². The van der Waals surface area contributed by atoms with Crippen LogP contribution in [0.15, 0.2) is 54.9 Å². The first kappa shape index (κ1) is 17.6. The van der Waals surface area contributed by atoms with Crippen LogP contribution < -0.4 is 5.32 Å². The summed E-state index contributed by atoms with van der Waals surface area (Å²) in [5.74, 6) is -0.156. The summed E-state index contributed by atoms with van der Waals surface area (Å²) in [5.41, 5.74) is 0.991. The van der Waals surface area contributed by atoms with E-state index in [0.717, 1.165) is 24.9 Å². The van der Waals surface area contributed by atoms with Crippen LogP contribution in [0, 0.1) is 0 Å². The van der Waals surface area contributed by atoms with Gasteiger partial charge < -0.3 is 15.3 Å². The first-order valence-corrected chi connectivity index (χ1v) is 8.83. The van der Waals surface area contributed by atoms with Crippen molar-refractivity contribution < 1.29 is 9.90 Å². The van der Waals surface area contributed by atoms with E-state index in [-0.39, 0.29) is 12.5 Å². The number of aromatic nitrogens is 1. The van der Waals surface area contributed by atoms with E-state index in [1.165, 1.54) is 5.56 Å². The third kappa shape index (κ3) is 4.65. The first-order valence-electron chi connectivity index (χ1n) is 8.83. The standard InChI is InChI=1S/C20H25N3O2/c24-19-20(25,16-22-15-18-7-11-21-12-8-18)10-4-13-23(19)14-9-17-5-2-1-3-6-17/h1-3,5-8,11-12,22,25H,4,9-10,13-16H2/t20-/m0/s1. The summed E-state index contributed by atoms with van der Waals surface area (Å²) in [5, 5.41) is 14.0. The molecule has 0 bridgehead atoms. The molecule has 1 aromatic heterocycles. The molecular formula is C20H25N3O2. The summed E-state index contributed by atoms with van der Waals surface area (Å²) in [6.07, 6.45) is 5.63. The fraction of sp³-hybridized carbons (Fsp3) is 0.400. The van der Waals surface area contributed by atoms with E-state index in [4.69, 9.17) is 0 Å². The van der Waals surface area contributed by atoms with Gasteiger partial charge in [-0.05, 0) is 42.5 Å². The number of hydrogen-bond donors (Lipinski definition) is 2. The van der Waals surface area contributed by atoms with Crippen molar-refractivity contribution in [2.75, 3.05) is 19.6 Å². The van der Waals surface area contributed by atoms with E-state index in [2.05, 4.69) is 22.4 Å². The van der Waals surface area contributed by atoms with Crippen LogP contribution in [0.5, 0.6) is 0 Å². The Balaban J connectivity index is 1.53. The van der Waals surface area contributed by atoms with Crippen LogP contribution in [0.2, 0.25) is 0 Å². The van der Waals surface area contributed by atoms with Crippen LogP contribution in [0.3, 0.4) is 0 Å². The van der Waals surface area contributed by atoms with Crippen LogP contribution in [0.1, 0.15) is 24.0 Å². The molecule has 0 radical (unpaired) electrons. The van der Waals surface area contributed by atoms with Crippen molar-refractivity contribution in [1.29, 1.82) is 0 Å². The fourth-order valence-electron chi connectivity index (χ4n) is 3.27. The maximum Gasteiger partial charge on any atom is 0.255 e. The Hall–Kier alpha value is -2.24. The minimum atomic E-state index is -1.30. The Morgan fingerprint density at radius 2 is 1.88 bits per heavy atom. The zero-order chi connectivity index (χ0) is 17.5. The molecule has 2 aromatic rings. The second kappa shape index (κ2) is 8.23. The smallest absolute Gasteiger partial charge is 0.255 e. The summed E-state index contributed by atoms with van der Waals surface area (Å²) in [6, 6.07) is 14.0. The third-order valence-electron chi connectivity index (χ3n) is 4.71. The summed E-state index contributed by atoms with van der Waals surface area (Å²) < 4.78 is 0. The Morgan fingerprint density at radius 3 is 2.64 bits per heavy atom. The predicted molar refractivity (Wildman–Crippen MR) is 96.9 cm³/mol. The largest absolute Gasteiger partial charge is 0.379 e. The van der Waals surface area contributed by atoms with E-state index in [1.807, 2.05) is 30.3 Å². The van der Waals surface area contributed by atoms with Crippen molar-refractivity contribution in [3.8, 4) is 0 Å². The molecule has 132 valence electrons. The number of aliphatic hydroxyl groups is 1. The van der Waals surface area contributed by atoms with Crippen LogP contribution in [-0.2, 0) is 17.8 Å². The second-order valence-electron chi connectivity index (χ2n) is 6.62. The predicted octanol–water partition coefficient (Wildman–Crippen LogP) is 1.77. The second-order valence-corrected chi connectivity index (χ2v) is 6.62. The van der Waals surface area contributed by atoms with E-state index in [9.17, 15) is 9.90 Å². The number of rotatable bonds is 7. The number of benzene rings is 1. The summed E-state index contributed by atoms with van der Waals surface area (Å²) >= 11 is 0. The summed E-state index contributed by atoms with van der Waals surface area (Å²) in [4.78, 5) is 18.5. The average molecular weight is 339 g/mol. The molecule has 0 spiro atoms. The number of nitrogens with one attached hydrogen (secondary N) is 1. The number of carbonyl (C=O) groups excluding carboxylic acids is 1. The lowest BCUT2D eigenvalue weighted by Crippen LogP contribution is -2.58. The highest BCUT2D eigenvalue weighted by atomic mass is 16.3. The van der Waals surface area contributed by atoms with Gasteiger partial charge >= 0.3 is 0 Å². The van der Waals surface area contributed by atoms with Gasteiger partial charge in [-0.1, -0.05) is 30.3 Å². The lowest BCUT2D eigenvalue weighted by molar-refractivity contribution is -0.156. The number of hydrogen-bond acceptors (Lipinski definition) is 4. The molecule has 1 amide bonds. The van der Waals surface area contributed by atoms with Gasteiger partial charge in [-0.2, -0.15) is 0 Å². The molecule has 1 aromatic carbocycles. The SMILES string of the molecule is O=C1N(CCc2ccccc2)CCC[C@]1(O)CNCc1ccncc1. The molecule has 1 atom stereocenters. The molecule has 5 heteroatoms. The molecule has 25 heavy (non-hydrogen) atoms. The molecule has 1 aliphatic rings. The quantitative estimate of drug-likeness (QED) is 0.807. The lowest BCUT2D eigenvalue weighted by Gasteiger charge is -2.38. The van der Waals surface area contributed by atoms with Crippen molar-refractivity contribution in [1.82, 2.24) is 15.2 Å². The van der Waals surface area contributed by atoms with E-state index < -0.39 is 5.60 Å². The summed E-state index contributed by atoms with van der Waals surface area (Å²) in [6.45, 7) is 2.26. The van der Waals surface area contributed by atoms with Crippen molar-refractivity contribution in [2.45, 2.75) is 31.4 Å². The number of carbonyl (C=O) groups is 1. The number of piperidine rings is 1. The maximum atomic E-state index is 12.7. The third-order valence-corrected chi connectivity index (χ3v) is 4.71. The van der Waals surface area contributed by atoms with E-state index in [0.29, 0.717) is 19.5 Å². The molecule has 2 heterocycles. The van der Waals surface area contributed by atoms with Gasteiger partial charge in [0.15, 0.2) is 5.60 Å². The zero-order valence-corrected chi connectivity index (χ0v) is 14.4. The number of likely N-dealkylation sites (tertiary alicyclic amines) is 1. The molecular weight excluding hydrogens is 314 g/mol. The fourth-order valence-corrected chi connectivity index (χ4v) is 3.27. The minimum absolute atomic E-state index is 0.156. The van der Waals surface area contributed by atoms with Gasteiger partial charge in [0, 0.05) is 38.6 Å².